The second-order valence-corrected chi connectivity index (χ2v) is 13.0. The van der Waals surface area contributed by atoms with Crippen molar-refractivity contribution in [2.75, 3.05) is 0 Å². The first kappa shape index (κ1) is 34.3. The van der Waals surface area contributed by atoms with Crippen LogP contribution in [0.2, 0.25) is 0 Å². The molecule has 0 radical (unpaired) electrons. The summed E-state index contributed by atoms with van der Waals surface area (Å²) >= 11 is 0. The Morgan fingerprint density at radius 1 is 0.296 bits per heavy atom. The molecule has 260 valence electrons. The van der Waals surface area contributed by atoms with Crippen molar-refractivity contribution in [2.45, 2.75) is 12.4 Å². The number of hydrogen-bond acceptors (Lipinski definition) is 0. The summed E-state index contributed by atoms with van der Waals surface area (Å²) in [4.78, 5) is 0. The molecule has 0 heterocycles. The second-order valence-electron chi connectivity index (χ2n) is 13.0. The Morgan fingerprint density at radius 3 is 0.944 bits per heavy atom. The van der Waals surface area contributed by atoms with Crippen molar-refractivity contribution >= 4 is 55.2 Å². The standard InChI is InChI=1S/C48H26F6/c49-47(50,51)45-19-11-31(12-20-45)1-3-33-7-15-37-29-43-25-35(9-17-39(43)27-41(37)23-33)5-6-36-10-18-40-28-42-24-34(8-16-38(42)30-44(40)26-36)4-2-32-13-21-46(22-14-32)48(52,53)54/h5-30H. The largest absolute Gasteiger partial charge is 0.416 e. The molecule has 0 N–H and O–H groups in total. The van der Waals surface area contributed by atoms with E-state index in [2.05, 4.69) is 96.5 Å². The first-order valence-corrected chi connectivity index (χ1v) is 16.9. The predicted molar refractivity (Wildman–Crippen MR) is 207 cm³/mol. The monoisotopic (exact) mass is 716 g/mol. The fourth-order valence-electron chi connectivity index (χ4n) is 6.36. The van der Waals surface area contributed by atoms with Gasteiger partial charge in [0.05, 0.1) is 11.1 Å². The number of alkyl halides is 6. The minimum Gasteiger partial charge on any atom is -0.166 e. The number of hydrogen-bond donors (Lipinski definition) is 0. The van der Waals surface area contributed by atoms with Crippen LogP contribution in [0.5, 0.6) is 0 Å². The molecule has 0 aliphatic rings. The second kappa shape index (κ2) is 13.7. The van der Waals surface area contributed by atoms with E-state index in [0.29, 0.717) is 11.1 Å². The highest BCUT2D eigenvalue weighted by atomic mass is 19.4. The molecular formula is C48H26F6. The quantitative estimate of drug-likeness (QED) is 0.0723. The topological polar surface area (TPSA) is 0 Å². The highest BCUT2D eigenvalue weighted by Crippen LogP contribution is 2.31. The minimum absolute atomic E-state index is 0.514. The fraction of sp³-hybridized carbons (Fsp3) is 0.0417. The summed E-state index contributed by atoms with van der Waals surface area (Å²) in [6.07, 6.45) is -4.57. The minimum atomic E-state index is -4.38. The summed E-state index contributed by atoms with van der Waals surface area (Å²) < 4.78 is 77.2. The lowest BCUT2D eigenvalue weighted by atomic mass is 9.99. The third-order valence-electron chi connectivity index (χ3n) is 9.23. The van der Waals surface area contributed by atoms with Gasteiger partial charge in [0.1, 0.15) is 0 Å². The lowest BCUT2D eigenvalue weighted by molar-refractivity contribution is -0.138. The van der Waals surface area contributed by atoms with Crippen LogP contribution in [0.4, 0.5) is 26.3 Å². The molecule has 0 aliphatic heterocycles. The maximum atomic E-state index is 12.9. The first-order chi connectivity index (χ1) is 25.9. The summed E-state index contributed by atoms with van der Waals surface area (Å²) in [7, 11) is 0. The van der Waals surface area contributed by atoms with E-state index in [9.17, 15) is 26.3 Å². The zero-order valence-corrected chi connectivity index (χ0v) is 28.3. The SMILES string of the molecule is FC(F)(F)c1ccc(C#Cc2ccc3cc4cc(C=Cc5ccc6cc7cc(C#Cc8ccc(C(F)(F)F)cc8)ccc7cc6c5)ccc4cc3c2)cc1. The maximum Gasteiger partial charge on any atom is 0.416 e. The van der Waals surface area contributed by atoms with E-state index in [4.69, 9.17) is 0 Å². The zero-order valence-electron chi connectivity index (χ0n) is 28.3. The molecule has 0 amide bonds. The van der Waals surface area contributed by atoms with Crippen LogP contribution in [-0.4, -0.2) is 0 Å². The van der Waals surface area contributed by atoms with Crippen LogP contribution < -0.4 is 0 Å². The average molecular weight is 717 g/mol. The summed E-state index contributed by atoms with van der Waals surface area (Å²) in [6, 6.07) is 42.6. The van der Waals surface area contributed by atoms with Crippen molar-refractivity contribution in [1.82, 2.24) is 0 Å². The van der Waals surface area contributed by atoms with E-state index in [-0.39, 0.29) is 0 Å². The van der Waals surface area contributed by atoms with Crippen LogP contribution in [0.15, 0.2) is 146 Å². The van der Waals surface area contributed by atoms with Crippen molar-refractivity contribution in [1.29, 1.82) is 0 Å². The molecule has 0 bridgehead atoms. The Labute approximate surface area is 307 Å². The Kier molecular flexibility index (Phi) is 8.68. The molecule has 0 spiro atoms. The molecule has 8 rings (SSSR count). The summed E-state index contributed by atoms with van der Waals surface area (Å²) in [5.74, 6) is 12.0. The van der Waals surface area contributed by atoms with Gasteiger partial charge in [0.2, 0.25) is 0 Å². The van der Waals surface area contributed by atoms with Crippen molar-refractivity contribution in [3.63, 3.8) is 0 Å². The van der Waals surface area contributed by atoms with Crippen LogP contribution >= 0.6 is 0 Å². The molecule has 0 saturated heterocycles. The molecule has 0 saturated carbocycles. The van der Waals surface area contributed by atoms with Gasteiger partial charge in [-0.2, -0.15) is 26.3 Å². The van der Waals surface area contributed by atoms with E-state index < -0.39 is 23.5 Å². The molecule has 0 aliphatic carbocycles. The third-order valence-corrected chi connectivity index (χ3v) is 9.23. The Hall–Kier alpha value is -6.76. The Morgan fingerprint density at radius 2 is 0.593 bits per heavy atom. The van der Waals surface area contributed by atoms with Gasteiger partial charge < -0.3 is 0 Å². The first-order valence-electron chi connectivity index (χ1n) is 16.9. The van der Waals surface area contributed by atoms with Gasteiger partial charge in [-0.3, -0.25) is 0 Å². The number of halogens is 6. The summed E-state index contributed by atoms with van der Waals surface area (Å²) in [5, 5.41) is 8.53. The Bertz CT molecular complexity index is 2690. The molecule has 0 atom stereocenters. The summed E-state index contributed by atoms with van der Waals surface area (Å²) in [6.45, 7) is 0. The smallest absolute Gasteiger partial charge is 0.166 e. The Balaban J connectivity index is 0.982. The normalized spacial score (nSPS) is 11.9. The van der Waals surface area contributed by atoms with Crippen LogP contribution in [0.1, 0.15) is 44.5 Å². The maximum absolute atomic E-state index is 12.9. The van der Waals surface area contributed by atoms with Crippen LogP contribution in [0, 0.1) is 23.7 Å². The number of benzene rings is 8. The van der Waals surface area contributed by atoms with Gasteiger partial charge in [-0.25, -0.2) is 0 Å². The fourth-order valence-corrected chi connectivity index (χ4v) is 6.36. The molecule has 0 aromatic heterocycles. The average Bonchev–Trinajstić information content (AvgIpc) is 3.16. The van der Waals surface area contributed by atoms with E-state index >= 15 is 0 Å². The molecule has 0 nitrogen and oxygen atoms in total. The van der Waals surface area contributed by atoms with E-state index in [0.717, 1.165) is 89.6 Å². The lowest BCUT2D eigenvalue weighted by Crippen LogP contribution is -2.04. The van der Waals surface area contributed by atoms with Gasteiger partial charge in [0.25, 0.3) is 0 Å². The molecule has 8 aromatic carbocycles. The van der Waals surface area contributed by atoms with E-state index in [1.54, 1.807) is 0 Å². The van der Waals surface area contributed by atoms with E-state index in [1.807, 2.05) is 36.4 Å². The zero-order chi connectivity index (χ0) is 37.5. The van der Waals surface area contributed by atoms with Gasteiger partial charge in [0.15, 0.2) is 0 Å². The number of rotatable bonds is 2. The van der Waals surface area contributed by atoms with Crippen molar-refractivity contribution in [3.8, 4) is 23.7 Å². The van der Waals surface area contributed by atoms with Gasteiger partial charge in [-0.1, -0.05) is 72.2 Å². The van der Waals surface area contributed by atoms with Crippen LogP contribution in [-0.2, 0) is 12.4 Å². The van der Waals surface area contributed by atoms with Gasteiger partial charge in [-0.05, 0) is 163 Å². The molecule has 0 fully saturated rings. The highest BCUT2D eigenvalue weighted by molar-refractivity contribution is 6.01. The highest BCUT2D eigenvalue weighted by Gasteiger charge is 2.30. The third kappa shape index (κ3) is 7.56. The van der Waals surface area contributed by atoms with Crippen molar-refractivity contribution in [2.24, 2.45) is 0 Å². The van der Waals surface area contributed by atoms with E-state index in [1.165, 1.54) is 24.3 Å². The van der Waals surface area contributed by atoms with Crippen LogP contribution in [0.25, 0.3) is 55.2 Å². The molecule has 54 heavy (non-hydrogen) atoms. The molecule has 0 unspecified atom stereocenters. The number of fused-ring (bicyclic) bond motifs is 4. The van der Waals surface area contributed by atoms with Gasteiger partial charge >= 0.3 is 12.4 Å². The lowest BCUT2D eigenvalue weighted by Gasteiger charge is -2.06. The predicted octanol–water partition coefficient (Wildman–Crippen LogP) is 13.3. The molecule has 6 heteroatoms. The molecular weight excluding hydrogens is 691 g/mol. The van der Waals surface area contributed by atoms with Crippen molar-refractivity contribution in [3.05, 3.63) is 190 Å². The van der Waals surface area contributed by atoms with Crippen LogP contribution in [0.3, 0.4) is 0 Å². The summed E-state index contributed by atoms with van der Waals surface area (Å²) in [5.41, 5.74) is 3.31. The van der Waals surface area contributed by atoms with Gasteiger partial charge in [0, 0.05) is 22.3 Å². The van der Waals surface area contributed by atoms with Crippen molar-refractivity contribution < 1.29 is 26.3 Å². The van der Waals surface area contributed by atoms with Gasteiger partial charge in [-0.15, -0.1) is 0 Å². The molecule has 8 aromatic rings.